The van der Waals surface area contributed by atoms with Crippen molar-refractivity contribution in [1.29, 1.82) is 0 Å². The number of carbonyl (C=O) groups excluding carboxylic acids is 2. The first-order chi connectivity index (χ1) is 12.2. The second kappa shape index (κ2) is 9.03. The molecule has 2 rings (SSSR count). The Morgan fingerprint density at radius 1 is 1.15 bits per heavy atom. The summed E-state index contributed by atoms with van der Waals surface area (Å²) in [5, 5.41) is 2.64. The number of rotatable bonds is 5. The quantitative estimate of drug-likeness (QED) is 0.876. The normalized spacial score (nSPS) is 15.6. The Kier molecular flexibility index (Phi) is 7.03. The van der Waals surface area contributed by atoms with E-state index in [1.54, 1.807) is 0 Å². The minimum absolute atomic E-state index is 0.0799. The van der Waals surface area contributed by atoms with Crippen LogP contribution in [0, 0.1) is 6.92 Å². The van der Waals surface area contributed by atoms with Gasteiger partial charge >= 0.3 is 6.09 Å². The molecule has 0 spiro atoms. The van der Waals surface area contributed by atoms with Crippen molar-refractivity contribution in [3.05, 3.63) is 35.4 Å². The third-order valence-corrected chi connectivity index (χ3v) is 4.22. The molecule has 1 fully saturated rings. The summed E-state index contributed by atoms with van der Waals surface area (Å²) in [7, 11) is 0. The lowest BCUT2D eigenvalue weighted by atomic mass is 10.1. The van der Waals surface area contributed by atoms with Crippen LogP contribution in [-0.4, -0.2) is 60.1 Å². The van der Waals surface area contributed by atoms with Crippen LogP contribution in [0.15, 0.2) is 24.3 Å². The lowest BCUT2D eigenvalue weighted by molar-refractivity contribution is -0.132. The smallest absolute Gasteiger partial charge is 0.407 e. The zero-order valence-electron chi connectivity index (χ0n) is 16.4. The molecule has 0 aromatic heterocycles. The van der Waals surface area contributed by atoms with E-state index < -0.39 is 11.7 Å². The summed E-state index contributed by atoms with van der Waals surface area (Å²) in [5.74, 6) is 0.0799. The summed E-state index contributed by atoms with van der Waals surface area (Å²) in [6.45, 7) is 12.0. The van der Waals surface area contributed by atoms with Crippen LogP contribution in [0.2, 0.25) is 0 Å². The Bertz CT molecular complexity index is 617. The Hall–Kier alpha value is -2.08. The van der Waals surface area contributed by atoms with Gasteiger partial charge < -0.3 is 15.0 Å². The molecule has 2 amide bonds. The highest BCUT2D eigenvalue weighted by atomic mass is 16.6. The van der Waals surface area contributed by atoms with Crippen molar-refractivity contribution in [2.75, 3.05) is 32.7 Å². The number of nitrogens with one attached hydrogen (secondary N) is 1. The van der Waals surface area contributed by atoms with Gasteiger partial charge in [0.25, 0.3) is 0 Å². The largest absolute Gasteiger partial charge is 0.444 e. The third kappa shape index (κ3) is 7.04. The van der Waals surface area contributed by atoms with Gasteiger partial charge in [-0.3, -0.25) is 9.69 Å². The van der Waals surface area contributed by atoms with Crippen LogP contribution in [0.1, 0.15) is 38.3 Å². The van der Waals surface area contributed by atoms with E-state index in [1.165, 1.54) is 11.1 Å². The maximum Gasteiger partial charge on any atom is 0.407 e. The van der Waals surface area contributed by atoms with Crippen LogP contribution >= 0.6 is 0 Å². The van der Waals surface area contributed by atoms with Crippen LogP contribution in [0.5, 0.6) is 0 Å². The molecule has 0 radical (unpaired) electrons. The average Bonchev–Trinajstić information content (AvgIpc) is 2.53. The van der Waals surface area contributed by atoms with Crippen molar-refractivity contribution in [1.82, 2.24) is 15.1 Å². The number of amides is 2. The van der Waals surface area contributed by atoms with E-state index in [9.17, 15) is 9.59 Å². The van der Waals surface area contributed by atoms with Gasteiger partial charge in [0.2, 0.25) is 5.91 Å². The average molecular weight is 361 g/mol. The number of ether oxygens (including phenoxy) is 1. The fraction of sp³-hybridized carbons (Fsp3) is 0.600. The second-order valence-electron chi connectivity index (χ2n) is 7.82. The monoisotopic (exact) mass is 361 g/mol. The van der Waals surface area contributed by atoms with Crippen LogP contribution in [0.25, 0.3) is 0 Å². The fourth-order valence-corrected chi connectivity index (χ4v) is 2.97. The topological polar surface area (TPSA) is 61.9 Å². The van der Waals surface area contributed by atoms with E-state index >= 15 is 0 Å². The molecule has 1 heterocycles. The SMILES string of the molecule is Cc1cccc(CN2CCN(C(=O)CCNC(=O)OC(C)(C)C)CC2)c1. The molecule has 144 valence electrons. The zero-order chi connectivity index (χ0) is 19.2. The van der Waals surface area contributed by atoms with E-state index in [4.69, 9.17) is 4.74 Å². The number of aryl methyl sites for hydroxylation is 1. The molecule has 0 bridgehead atoms. The first kappa shape index (κ1) is 20.2. The molecule has 1 aliphatic rings. The molecule has 0 atom stereocenters. The van der Waals surface area contributed by atoms with Crippen LogP contribution < -0.4 is 5.32 Å². The van der Waals surface area contributed by atoms with E-state index in [2.05, 4.69) is 41.4 Å². The van der Waals surface area contributed by atoms with E-state index in [0.29, 0.717) is 13.0 Å². The molecule has 1 aromatic rings. The number of alkyl carbamates (subject to hydrolysis) is 1. The molecule has 0 unspecified atom stereocenters. The minimum atomic E-state index is -0.526. The fourth-order valence-electron chi connectivity index (χ4n) is 2.97. The van der Waals surface area contributed by atoms with Gasteiger partial charge in [-0.05, 0) is 33.3 Å². The molecular formula is C20H31N3O3. The molecule has 1 saturated heterocycles. The number of hydrogen-bond donors (Lipinski definition) is 1. The first-order valence-corrected chi connectivity index (χ1v) is 9.25. The second-order valence-corrected chi connectivity index (χ2v) is 7.82. The van der Waals surface area contributed by atoms with Crippen molar-refractivity contribution in [2.24, 2.45) is 0 Å². The lowest BCUT2D eigenvalue weighted by Crippen LogP contribution is -2.48. The van der Waals surface area contributed by atoms with Gasteiger partial charge in [-0.1, -0.05) is 29.8 Å². The summed E-state index contributed by atoms with van der Waals surface area (Å²) in [4.78, 5) is 28.1. The van der Waals surface area contributed by atoms with Crippen LogP contribution in [-0.2, 0) is 16.1 Å². The van der Waals surface area contributed by atoms with Crippen LogP contribution in [0.4, 0.5) is 4.79 Å². The van der Waals surface area contributed by atoms with Gasteiger partial charge in [0, 0.05) is 45.7 Å². The highest BCUT2D eigenvalue weighted by molar-refractivity contribution is 5.77. The van der Waals surface area contributed by atoms with Gasteiger partial charge in [0.1, 0.15) is 5.60 Å². The minimum Gasteiger partial charge on any atom is -0.444 e. The number of hydrogen-bond acceptors (Lipinski definition) is 4. The molecule has 6 nitrogen and oxygen atoms in total. The third-order valence-electron chi connectivity index (χ3n) is 4.22. The Balaban J connectivity index is 1.67. The first-order valence-electron chi connectivity index (χ1n) is 9.25. The number of piperazine rings is 1. The summed E-state index contributed by atoms with van der Waals surface area (Å²) < 4.78 is 5.16. The highest BCUT2D eigenvalue weighted by Gasteiger charge is 2.21. The van der Waals surface area contributed by atoms with E-state index in [-0.39, 0.29) is 5.91 Å². The van der Waals surface area contributed by atoms with Crippen LogP contribution in [0.3, 0.4) is 0 Å². The summed E-state index contributed by atoms with van der Waals surface area (Å²) in [6.07, 6.45) is -0.176. The van der Waals surface area contributed by atoms with Gasteiger partial charge in [-0.25, -0.2) is 4.79 Å². The number of carbonyl (C=O) groups is 2. The Labute approximate surface area is 156 Å². The maximum absolute atomic E-state index is 12.3. The zero-order valence-corrected chi connectivity index (χ0v) is 16.4. The predicted octanol–water partition coefficient (Wildman–Crippen LogP) is 2.55. The standard InChI is InChI=1S/C20H31N3O3/c1-16-6-5-7-17(14-16)15-22-10-12-23(13-11-22)18(24)8-9-21-19(25)26-20(2,3)4/h5-7,14H,8-13,15H2,1-4H3,(H,21,25). The van der Waals surface area contributed by atoms with Gasteiger partial charge in [0.05, 0.1) is 0 Å². The van der Waals surface area contributed by atoms with Gasteiger partial charge in [-0.15, -0.1) is 0 Å². The summed E-state index contributed by atoms with van der Waals surface area (Å²) in [6, 6.07) is 8.54. The van der Waals surface area contributed by atoms with Gasteiger partial charge in [-0.2, -0.15) is 0 Å². The van der Waals surface area contributed by atoms with Crippen molar-refractivity contribution < 1.29 is 14.3 Å². The number of nitrogens with zero attached hydrogens (tertiary/aromatic N) is 2. The molecule has 1 aliphatic heterocycles. The Morgan fingerprint density at radius 2 is 1.85 bits per heavy atom. The molecular weight excluding hydrogens is 330 g/mol. The van der Waals surface area contributed by atoms with Crippen molar-refractivity contribution in [3.8, 4) is 0 Å². The van der Waals surface area contributed by atoms with E-state index in [1.807, 2.05) is 25.7 Å². The highest BCUT2D eigenvalue weighted by Crippen LogP contribution is 2.11. The molecule has 0 aliphatic carbocycles. The van der Waals surface area contributed by atoms with Gasteiger partial charge in [0.15, 0.2) is 0 Å². The lowest BCUT2D eigenvalue weighted by Gasteiger charge is -2.35. The Morgan fingerprint density at radius 3 is 2.46 bits per heavy atom. The van der Waals surface area contributed by atoms with Crippen molar-refractivity contribution in [2.45, 2.75) is 46.3 Å². The molecule has 6 heteroatoms. The maximum atomic E-state index is 12.3. The molecule has 0 saturated carbocycles. The predicted molar refractivity (Wildman–Crippen MR) is 102 cm³/mol. The molecule has 1 N–H and O–H groups in total. The summed E-state index contributed by atoms with van der Waals surface area (Å²) >= 11 is 0. The number of benzene rings is 1. The van der Waals surface area contributed by atoms with Crippen molar-refractivity contribution >= 4 is 12.0 Å². The molecule has 26 heavy (non-hydrogen) atoms. The van der Waals surface area contributed by atoms with E-state index in [0.717, 1.165) is 32.7 Å². The summed E-state index contributed by atoms with van der Waals surface area (Å²) in [5.41, 5.74) is 2.06. The molecule has 1 aromatic carbocycles. The van der Waals surface area contributed by atoms with Crippen molar-refractivity contribution in [3.63, 3.8) is 0 Å².